The van der Waals surface area contributed by atoms with Crippen molar-refractivity contribution in [3.05, 3.63) is 11.4 Å². The minimum Gasteiger partial charge on any atom is -0.324 e. The number of nitrogens with one attached hydrogen (secondary N) is 2. The molecule has 2 amide bonds. The van der Waals surface area contributed by atoms with Gasteiger partial charge in [-0.15, -0.1) is 0 Å². The van der Waals surface area contributed by atoms with Gasteiger partial charge in [0.05, 0.1) is 17.1 Å². The molecule has 1 aliphatic carbocycles. The minimum atomic E-state index is 0.0204. The maximum atomic E-state index is 12.1. The first-order valence-corrected chi connectivity index (χ1v) is 6.22. The molecule has 1 saturated carbocycles. The molecule has 0 aromatic carbocycles. The summed E-state index contributed by atoms with van der Waals surface area (Å²) >= 11 is 0. The fourth-order valence-corrected chi connectivity index (χ4v) is 2.85. The maximum absolute atomic E-state index is 12.1. The summed E-state index contributed by atoms with van der Waals surface area (Å²) in [7, 11) is 0. The fourth-order valence-electron chi connectivity index (χ4n) is 2.85. The lowest BCUT2D eigenvalue weighted by molar-refractivity contribution is 0.221. The Labute approximate surface area is 101 Å². The van der Waals surface area contributed by atoms with Crippen molar-refractivity contribution >= 4 is 11.7 Å². The topological polar surface area (TPSA) is 61.0 Å². The number of likely N-dealkylation sites (tertiary alicyclic amines) is 1. The first-order valence-electron chi connectivity index (χ1n) is 6.22. The zero-order valence-electron chi connectivity index (χ0n) is 10.3. The zero-order chi connectivity index (χ0) is 12.0. The number of nitrogens with zero attached hydrogens (tertiary/aromatic N) is 2. The van der Waals surface area contributed by atoms with Crippen LogP contribution in [0.1, 0.15) is 24.2 Å². The van der Waals surface area contributed by atoms with E-state index in [4.69, 9.17) is 0 Å². The number of urea groups is 1. The average Bonchev–Trinajstić information content (AvgIpc) is 2.73. The lowest BCUT2D eigenvalue weighted by atomic mass is 9.77. The van der Waals surface area contributed by atoms with Crippen LogP contribution in [0.3, 0.4) is 0 Å². The second-order valence-electron chi connectivity index (χ2n) is 5.24. The zero-order valence-corrected chi connectivity index (χ0v) is 10.3. The van der Waals surface area contributed by atoms with Crippen molar-refractivity contribution in [2.45, 2.75) is 26.7 Å². The molecule has 2 aliphatic rings. The Kier molecular flexibility index (Phi) is 2.34. The third-order valence-electron chi connectivity index (χ3n) is 4.13. The molecular weight excluding hydrogens is 216 g/mol. The lowest BCUT2D eigenvalue weighted by Gasteiger charge is -2.27. The summed E-state index contributed by atoms with van der Waals surface area (Å²) in [5, 5.41) is 9.92. The van der Waals surface area contributed by atoms with Crippen LogP contribution < -0.4 is 5.32 Å². The number of aryl methyl sites for hydroxylation is 2. The van der Waals surface area contributed by atoms with E-state index in [1.807, 2.05) is 18.7 Å². The van der Waals surface area contributed by atoms with Crippen LogP contribution in [-0.4, -0.2) is 34.2 Å². The molecule has 0 radical (unpaired) electrons. The molecule has 0 bridgehead atoms. The molecule has 2 fully saturated rings. The predicted octanol–water partition coefficient (Wildman–Crippen LogP) is 1.90. The Morgan fingerprint density at radius 2 is 2.00 bits per heavy atom. The Morgan fingerprint density at radius 3 is 2.47 bits per heavy atom. The smallest absolute Gasteiger partial charge is 0.321 e. The van der Waals surface area contributed by atoms with Crippen molar-refractivity contribution in [1.29, 1.82) is 0 Å². The normalized spacial score (nSPS) is 26.6. The van der Waals surface area contributed by atoms with E-state index in [1.165, 1.54) is 12.8 Å². The summed E-state index contributed by atoms with van der Waals surface area (Å²) in [5.74, 6) is 1.51. The highest BCUT2D eigenvalue weighted by Crippen LogP contribution is 2.40. The van der Waals surface area contributed by atoms with E-state index in [0.717, 1.165) is 42.0 Å². The standard InChI is InChI=1S/C12H18N4O/c1-7-11(8(2)15-14-7)13-12(17)16-5-9-3-4-10(9)6-16/h9-10H,3-6H2,1-2H3,(H,13,17)(H,14,15)/t9-,10+. The highest BCUT2D eigenvalue weighted by Gasteiger charge is 2.41. The number of carbonyl (C=O) groups is 1. The van der Waals surface area contributed by atoms with Gasteiger partial charge in [-0.1, -0.05) is 0 Å². The molecule has 2 atom stereocenters. The maximum Gasteiger partial charge on any atom is 0.321 e. The quantitative estimate of drug-likeness (QED) is 0.779. The van der Waals surface area contributed by atoms with Crippen LogP contribution >= 0.6 is 0 Å². The van der Waals surface area contributed by atoms with Crippen LogP contribution in [0.2, 0.25) is 0 Å². The summed E-state index contributed by atoms with van der Waals surface area (Å²) in [5.41, 5.74) is 2.59. The molecule has 0 spiro atoms. The minimum absolute atomic E-state index is 0.0204. The molecular formula is C12H18N4O. The van der Waals surface area contributed by atoms with E-state index in [0.29, 0.717) is 0 Å². The van der Waals surface area contributed by atoms with Gasteiger partial charge >= 0.3 is 6.03 Å². The molecule has 1 saturated heterocycles. The number of H-pyrrole nitrogens is 1. The van der Waals surface area contributed by atoms with Gasteiger partial charge in [0.15, 0.2) is 0 Å². The van der Waals surface area contributed by atoms with Crippen LogP contribution in [0.15, 0.2) is 0 Å². The van der Waals surface area contributed by atoms with Crippen LogP contribution in [0.5, 0.6) is 0 Å². The second kappa shape index (κ2) is 3.75. The lowest BCUT2D eigenvalue weighted by Crippen LogP contribution is -2.33. The van der Waals surface area contributed by atoms with E-state index >= 15 is 0 Å². The van der Waals surface area contributed by atoms with Gasteiger partial charge in [-0.3, -0.25) is 5.10 Å². The van der Waals surface area contributed by atoms with Crippen molar-refractivity contribution in [2.75, 3.05) is 18.4 Å². The largest absolute Gasteiger partial charge is 0.324 e. The van der Waals surface area contributed by atoms with Crippen molar-refractivity contribution in [3.8, 4) is 0 Å². The summed E-state index contributed by atoms with van der Waals surface area (Å²) in [6.45, 7) is 5.66. The summed E-state index contributed by atoms with van der Waals surface area (Å²) in [6.07, 6.45) is 2.58. The van der Waals surface area contributed by atoms with Gasteiger partial charge in [-0.05, 0) is 38.5 Å². The van der Waals surface area contributed by atoms with Gasteiger partial charge in [-0.2, -0.15) is 5.10 Å². The summed E-state index contributed by atoms with van der Waals surface area (Å²) in [4.78, 5) is 14.0. The Hall–Kier alpha value is -1.52. The fraction of sp³-hybridized carbons (Fsp3) is 0.667. The molecule has 0 unspecified atom stereocenters. The number of rotatable bonds is 1. The van der Waals surface area contributed by atoms with E-state index in [1.54, 1.807) is 0 Å². The van der Waals surface area contributed by atoms with Crippen molar-refractivity contribution < 1.29 is 4.79 Å². The van der Waals surface area contributed by atoms with E-state index < -0.39 is 0 Å². The number of amides is 2. The van der Waals surface area contributed by atoms with Crippen LogP contribution in [-0.2, 0) is 0 Å². The number of fused-ring (bicyclic) bond motifs is 1. The SMILES string of the molecule is Cc1n[nH]c(C)c1NC(=O)N1C[C@H]2CC[C@H]2C1. The summed E-state index contributed by atoms with van der Waals surface area (Å²) < 4.78 is 0. The van der Waals surface area contributed by atoms with E-state index in [9.17, 15) is 4.79 Å². The van der Waals surface area contributed by atoms with Crippen LogP contribution in [0.25, 0.3) is 0 Å². The third kappa shape index (κ3) is 1.69. The molecule has 5 nitrogen and oxygen atoms in total. The second-order valence-corrected chi connectivity index (χ2v) is 5.24. The Balaban J connectivity index is 1.67. The number of hydrogen-bond donors (Lipinski definition) is 2. The van der Waals surface area contributed by atoms with Gasteiger partial charge < -0.3 is 10.2 Å². The molecule has 17 heavy (non-hydrogen) atoms. The highest BCUT2D eigenvalue weighted by atomic mass is 16.2. The molecule has 2 heterocycles. The third-order valence-corrected chi connectivity index (χ3v) is 4.13. The number of carbonyl (C=O) groups excluding carboxylic acids is 1. The number of aromatic amines is 1. The van der Waals surface area contributed by atoms with Gasteiger partial charge in [-0.25, -0.2) is 4.79 Å². The van der Waals surface area contributed by atoms with E-state index in [-0.39, 0.29) is 6.03 Å². The number of aromatic nitrogens is 2. The molecule has 1 aliphatic heterocycles. The van der Waals surface area contributed by atoms with E-state index in [2.05, 4.69) is 15.5 Å². The monoisotopic (exact) mass is 234 g/mol. The van der Waals surface area contributed by atoms with Gasteiger partial charge in [0.2, 0.25) is 0 Å². The molecule has 1 aromatic heterocycles. The van der Waals surface area contributed by atoms with Crippen molar-refractivity contribution in [1.82, 2.24) is 15.1 Å². The molecule has 2 N–H and O–H groups in total. The molecule has 3 rings (SSSR count). The first kappa shape index (κ1) is 10.6. The van der Waals surface area contributed by atoms with Crippen molar-refractivity contribution in [3.63, 3.8) is 0 Å². The highest BCUT2D eigenvalue weighted by molar-refractivity contribution is 5.90. The number of anilines is 1. The van der Waals surface area contributed by atoms with Gasteiger partial charge in [0, 0.05) is 13.1 Å². The van der Waals surface area contributed by atoms with Gasteiger partial charge in [0.1, 0.15) is 0 Å². The molecule has 5 heteroatoms. The van der Waals surface area contributed by atoms with Crippen LogP contribution in [0, 0.1) is 25.7 Å². The van der Waals surface area contributed by atoms with Crippen LogP contribution in [0.4, 0.5) is 10.5 Å². The predicted molar refractivity (Wildman–Crippen MR) is 64.9 cm³/mol. The van der Waals surface area contributed by atoms with Crippen molar-refractivity contribution in [2.24, 2.45) is 11.8 Å². The Bertz CT molecular complexity index is 422. The molecule has 1 aromatic rings. The Morgan fingerprint density at radius 1 is 1.35 bits per heavy atom. The number of hydrogen-bond acceptors (Lipinski definition) is 2. The first-order chi connectivity index (χ1) is 8.15. The summed E-state index contributed by atoms with van der Waals surface area (Å²) in [6, 6.07) is 0.0204. The average molecular weight is 234 g/mol. The molecule has 92 valence electrons. The van der Waals surface area contributed by atoms with Gasteiger partial charge in [0.25, 0.3) is 0 Å².